The van der Waals surface area contributed by atoms with Gasteiger partial charge >= 0.3 is 0 Å². The minimum atomic E-state index is -0.652. The van der Waals surface area contributed by atoms with Crippen molar-refractivity contribution in [2.24, 2.45) is 17.9 Å². The number of halogens is 1. The predicted octanol–water partition coefficient (Wildman–Crippen LogP) is 1.21. The Kier molecular flexibility index (Phi) is 3.88. The Bertz CT molecular complexity index is 723. The number of oxime groups is 1. The Labute approximate surface area is 119 Å². The molecule has 0 saturated heterocycles. The SMILES string of the molecule is Cc1nn(C)cc1C(=O)Nc1ccc(F)c(/C(N)=N/O)c1. The molecule has 0 unspecified atom stereocenters. The Balaban J connectivity index is 2.28. The van der Waals surface area contributed by atoms with Gasteiger partial charge in [-0.25, -0.2) is 4.39 Å². The van der Waals surface area contributed by atoms with Crippen LogP contribution in [0.5, 0.6) is 0 Å². The second-order valence-corrected chi connectivity index (χ2v) is 4.44. The number of anilines is 1. The highest BCUT2D eigenvalue weighted by Crippen LogP contribution is 2.16. The number of benzene rings is 1. The average molecular weight is 291 g/mol. The van der Waals surface area contributed by atoms with Crippen LogP contribution >= 0.6 is 0 Å². The smallest absolute Gasteiger partial charge is 0.259 e. The van der Waals surface area contributed by atoms with Crippen LogP contribution in [0, 0.1) is 12.7 Å². The molecule has 21 heavy (non-hydrogen) atoms. The van der Waals surface area contributed by atoms with Gasteiger partial charge in [-0.15, -0.1) is 0 Å². The van der Waals surface area contributed by atoms with Crippen molar-refractivity contribution in [1.82, 2.24) is 9.78 Å². The standard InChI is InChI=1S/C13H14FN5O2/c1-7-10(6-19(2)17-7)13(20)16-8-3-4-11(14)9(5-8)12(15)18-21/h3-6,21H,1-2H3,(H2,15,18)(H,16,20). The van der Waals surface area contributed by atoms with E-state index in [4.69, 9.17) is 10.9 Å². The summed E-state index contributed by atoms with van der Waals surface area (Å²) in [6.45, 7) is 1.71. The first-order chi connectivity index (χ1) is 9.92. The van der Waals surface area contributed by atoms with Gasteiger partial charge in [-0.3, -0.25) is 9.48 Å². The Morgan fingerprint density at radius 3 is 2.76 bits per heavy atom. The summed E-state index contributed by atoms with van der Waals surface area (Å²) in [5.74, 6) is -1.40. The molecule has 0 saturated carbocycles. The van der Waals surface area contributed by atoms with E-state index in [-0.39, 0.29) is 17.3 Å². The third-order valence-electron chi connectivity index (χ3n) is 2.87. The van der Waals surface area contributed by atoms with Crippen LogP contribution in [0.4, 0.5) is 10.1 Å². The van der Waals surface area contributed by atoms with Crippen LogP contribution in [0.1, 0.15) is 21.6 Å². The third kappa shape index (κ3) is 2.99. The van der Waals surface area contributed by atoms with E-state index < -0.39 is 5.82 Å². The lowest BCUT2D eigenvalue weighted by molar-refractivity contribution is 0.102. The first-order valence-electron chi connectivity index (χ1n) is 6.01. The lowest BCUT2D eigenvalue weighted by atomic mass is 10.1. The monoisotopic (exact) mass is 291 g/mol. The van der Waals surface area contributed by atoms with E-state index in [1.807, 2.05) is 0 Å². The molecule has 2 aromatic rings. The van der Waals surface area contributed by atoms with Gasteiger partial charge < -0.3 is 16.3 Å². The number of hydrogen-bond donors (Lipinski definition) is 3. The number of rotatable bonds is 3. The van der Waals surface area contributed by atoms with Crippen LogP contribution in [-0.2, 0) is 7.05 Å². The van der Waals surface area contributed by atoms with E-state index >= 15 is 0 Å². The summed E-state index contributed by atoms with van der Waals surface area (Å²) in [7, 11) is 1.71. The van der Waals surface area contributed by atoms with E-state index in [1.54, 1.807) is 20.2 Å². The molecule has 0 aliphatic heterocycles. The molecule has 0 radical (unpaired) electrons. The third-order valence-corrected chi connectivity index (χ3v) is 2.87. The van der Waals surface area contributed by atoms with E-state index in [9.17, 15) is 9.18 Å². The maximum absolute atomic E-state index is 13.5. The zero-order valence-electron chi connectivity index (χ0n) is 11.5. The lowest BCUT2D eigenvalue weighted by Gasteiger charge is -2.07. The van der Waals surface area contributed by atoms with Crippen molar-refractivity contribution in [1.29, 1.82) is 0 Å². The minimum absolute atomic E-state index is 0.0989. The fourth-order valence-corrected chi connectivity index (χ4v) is 1.87. The molecule has 1 aromatic heterocycles. The second-order valence-electron chi connectivity index (χ2n) is 4.44. The molecular weight excluding hydrogens is 277 g/mol. The summed E-state index contributed by atoms with van der Waals surface area (Å²) in [6, 6.07) is 3.79. The number of amides is 1. The maximum atomic E-state index is 13.5. The Hall–Kier alpha value is -2.90. The molecule has 110 valence electrons. The number of nitrogens with one attached hydrogen (secondary N) is 1. The molecule has 1 aromatic carbocycles. The largest absolute Gasteiger partial charge is 0.409 e. The highest BCUT2D eigenvalue weighted by molar-refractivity contribution is 6.06. The first kappa shape index (κ1) is 14.5. The zero-order valence-corrected chi connectivity index (χ0v) is 11.5. The van der Waals surface area contributed by atoms with Gasteiger partial charge in [0.1, 0.15) is 5.82 Å². The highest BCUT2D eigenvalue weighted by atomic mass is 19.1. The number of nitrogens with two attached hydrogens (primary N) is 1. The van der Waals surface area contributed by atoms with Gasteiger partial charge in [0.25, 0.3) is 5.91 Å². The van der Waals surface area contributed by atoms with Gasteiger partial charge in [-0.05, 0) is 25.1 Å². The van der Waals surface area contributed by atoms with E-state index in [0.29, 0.717) is 16.9 Å². The van der Waals surface area contributed by atoms with Gasteiger partial charge in [-0.2, -0.15) is 5.10 Å². The van der Waals surface area contributed by atoms with Crippen LogP contribution in [0.15, 0.2) is 29.6 Å². The quantitative estimate of drug-likeness (QED) is 0.342. The van der Waals surface area contributed by atoms with E-state index in [2.05, 4.69) is 15.6 Å². The molecule has 7 nitrogen and oxygen atoms in total. The average Bonchev–Trinajstić information content (AvgIpc) is 2.79. The fourth-order valence-electron chi connectivity index (χ4n) is 1.87. The first-order valence-corrected chi connectivity index (χ1v) is 6.01. The molecule has 0 fully saturated rings. The van der Waals surface area contributed by atoms with Gasteiger partial charge in [0.2, 0.25) is 0 Å². The molecule has 8 heteroatoms. The summed E-state index contributed by atoms with van der Waals surface area (Å²) in [5, 5.41) is 18.0. The zero-order chi connectivity index (χ0) is 15.6. The molecule has 2 rings (SSSR count). The van der Waals surface area contributed by atoms with Crippen LogP contribution in [0.2, 0.25) is 0 Å². The highest BCUT2D eigenvalue weighted by Gasteiger charge is 2.14. The fraction of sp³-hybridized carbons (Fsp3) is 0.154. The number of carbonyl (C=O) groups is 1. The molecular formula is C13H14FN5O2. The molecule has 4 N–H and O–H groups in total. The summed E-state index contributed by atoms with van der Waals surface area (Å²) in [4.78, 5) is 12.1. The number of nitrogens with zero attached hydrogens (tertiary/aromatic N) is 3. The number of aromatic nitrogens is 2. The van der Waals surface area contributed by atoms with Crippen LogP contribution in [0.3, 0.4) is 0 Å². The van der Waals surface area contributed by atoms with Gasteiger partial charge in [0.15, 0.2) is 5.84 Å². The molecule has 0 spiro atoms. The molecule has 1 amide bonds. The predicted molar refractivity (Wildman–Crippen MR) is 74.8 cm³/mol. The van der Waals surface area contributed by atoms with Gasteiger partial charge in [-0.1, -0.05) is 5.16 Å². The van der Waals surface area contributed by atoms with Gasteiger partial charge in [0, 0.05) is 18.9 Å². The lowest BCUT2D eigenvalue weighted by Crippen LogP contribution is -2.17. The van der Waals surface area contributed by atoms with Gasteiger partial charge in [0.05, 0.1) is 16.8 Å². The molecule has 0 bridgehead atoms. The van der Waals surface area contributed by atoms with E-state index in [0.717, 1.165) is 6.07 Å². The normalized spacial score (nSPS) is 11.5. The van der Waals surface area contributed by atoms with Crippen LogP contribution < -0.4 is 11.1 Å². The maximum Gasteiger partial charge on any atom is 0.259 e. The molecule has 0 atom stereocenters. The summed E-state index contributed by atoms with van der Waals surface area (Å²) in [5.41, 5.74) is 6.58. The molecule has 1 heterocycles. The van der Waals surface area contributed by atoms with Crippen molar-refractivity contribution in [2.75, 3.05) is 5.32 Å². The summed E-state index contributed by atoms with van der Waals surface area (Å²) < 4.78 is 15.1. The second kappa shape index (κ2) is 5.61. The summed E-state index contributed by atoms with van der Waals surface area (Å²) >= 11 is 0. The Morgan fingerprint density at radius 2 is 2.19 bits per heavy atom. The van der Waals surface area contributed by atoms with Crippen molar-refractivity contribution in [2.45, 2.75) is 6.92 Å². The molecule has 0 aliphatic rings. The van der Waals surface area contributed by atoms with Crippen molar-refractivity contribution < 1.29 is 14.4 Å². The number of aryl methyl sites for hydroxylation is 2. The number of carbonyl (C=O) groups excluding carboxylic acids is 1. The summed E-state index contributed by atoms with van der Waals surface area (Å²) in [6.07, 6.45) is 1.58. The van der Waals surface area contributed by atoms with Crippen molar-refractivity contribution in [3.05, 3.63) is 47.0 Å². The van der Waals surface area contributed by atoms with Crippen molar-refractivity contribution in [3.63, 3.8) is 0 Å². The minimum Gasteiger partial charge on any atom is -0.409 e. The molecule has 0 aliphatic carbocycles. The van der Waals surface area contributed by atoms with Crippen LogP contribution in [-0.4, -0.2) is 26.7 Å². The Morgan fingerprint density at radius 1 is 1.48 bits per heavy atom. The van der Waals surface area contributed by atoms with Crippen molar-refractivity contribution >= 4 is 17.4 Å². The number of amidine groups is 1. The number of hydrogen-bond acceptors (Lipinski definition) is 4. The van der Waals surface area contributed by atoms with Crippen molar-refractivity contribution in [3.8, 4) is 0 Å². The van der Waals surface area contributed by atoms with E-state index in [1.165, 1.54) is 16.8 Å². The topological polar surface area (TPSA) is 106 Å². The van der Waals surface area contributed by atoms with Crippen LogP contribution in [0.25, 0.3) is 0 Å².